The number of carbonyl (C=O) groups excluding carboxylic acids is 1. The van der Waals surface area contributed by atoms with Gasteiger partial charge in [-0.25, -0.2) is 4.39 Å². The predicted molar refractivity (Wildman–Crippen MR) is 77.5 cm³/mol. The van der Waals surface area contributed by atoms with Crippen LogP contribution in [0.1, 0.15) is 23.5 Å². The van der Waals surface area contributed by atoms with Crippen LogP contribution in [0.3, 0.4) is 0 Å². The van der Waals surface area contributed by atoms with Crippen molar-refractivity contribution in [3.63, 3.8) is 0 Å². The molecule has 1 amide bonds. The number of likely N-dealkylation sites (tertiary alicyclic amines) is 1. The highest BCUT2D eigenvalue weighted by Crippen LogP contribution is 2.33. The lowest BCUT2D eigenvalue weighted by molar-refractivity contribution is -0.110. The second-order valence-electron chi connectivity index (χ2n) is 5.71. The molecule has 1 N–H and O–H groups in total. The van der Waals surface area contributed by atoms with Crippen molar-refractivity contribution < 1.29 is 14.3 Å². The molecule has 5 heteroatoms. The van der Waals surface area contributed by atoms with Crippen LogP contribution in [0.15, 0.2) is 24.3 Å². The summed E-state index contributed by atoms with van der Waals surface area (Å²) in [6, 6.07) is 6.30. The molecular weight excluding hydrogens is 277 g/mol. The molecule has 1 aromatic carbocycles. The summed E-state index contributed by atoms with van der Waals surface area (Å²) in [4.78, 5) is 14.6. The van der Waals surface area contributed by atoms with Gasteiger partial charge >= 0.3 is 0 Å². The van der Waals surface area contributed by atoms with Crippen molar-refractivity contribution in [2.75, 3.05) is 13.1 Å². The van der Waals surface area contributed by atoms with Crippen molar-refractivity contribution in [3.8, 4) is 0 Å². The van der Waals surface area contributed by atoms with E-state index >= 15 is 0 Å². The van der Waals surface area contributed by atoms with Gasteiger partial charge in [0.15, 0.2) is 0 Å². The molecule has 1 saturated heterocycles. The van der Waals surface area contributed by atoms with Gasteiger partial charge in [-0.05, 0) is 29.5 Å². The number of aliphatic hydroxyl groups is 1. The number of thiophene rings is 1. The third-order valence-electron chi connectivity index (χ3n) is 3.98. The van der Waals surface area contributed by atoms with Crippen molar-refractivity contribution in [2.24, 2.45) is 5.92 Å². The molecule has 0 saturated carbocycles. The minimum atomic E-state index is -0.765. The standard InChI is InChI=1S/C15H16FNO2S/c1-9(2)15(19)7-17(8-15)14(18)13-5-10-3-4-11(16)6-12(10)20-13/h3-6,9,19H,7-8H2,1-2H3. The van der Waals surface area contributed by atoms with Crippen molar-refractivity contribution in [1.29, 1.82) is 0 Å². The summed E-state index contributed by atoms with van der Waals surface area (Å²) < 4.78 is 13.9. The quantitative estimate of drug-likeness (QED) is 0.925. The highest BCUT2D eigenvalue weighted by atomic mass is 32.1. The average molecular weight is 293 g/mol. The molecule has 2 heterocycles. The molecule has 1 aromatic heterocycles. The van der Waals surface area contributed by atoms with Crippen molar-refractivity contribution in [2.45, 2.75) is 19.4 Å². The first-order valence-electron chi connectivity index (χ1n) is 6.60. The van der Waals surface area contributed by atoms with Gasteiger partial charge in [0.05, 0.1) is 18.0 Å². The lowest BCUT2D eigenvalue weighted by Gasteiger charge is -2.48. The first-order chi connectivity index (χ1) is 9.39. The van der Waals surface area contributed by atoms with Crippen LogP contribution in [0.5, 0.6) is 0 Å². The Balaban J connectivity index is 1.80. The van der Waals surface area contributed by atoms with Crippen molar-refractivity contribution in [1.82, 2.24) is 4.90 Å². The molecule has 0 spiro atoms. The number of nitrogens with zero attached hydrogens (tertiary/aromatic N) is 1. The highest BCUT2D eigenvalue weighted by molar-refractivity contribution is 7.20. The number of fused-ring (bicyclic) bond motifs is 1. The summed E-state index contributed by atoms with van der Waals surface area (Å²) in [6.45, 7) is 4.63. The second kappa shape index (κ2) is 4.53. The van der Waals surface area contributed by atoms with Crippen molar-refractivity contribution in [3.05, 3.63) is 35.0 Å². The lowest BCUT2D eigenvalue weighted by Crippen LogP contribution is -2.65. The summed E-state index contributed by atoms with van der Waals surface area (Å²) in [5.74, 6) is -0.253. The summed E-state index contributed by atoms with van der Waals surface area (Å²) >= 11 is 1.29. The SMILES string of the molecule is CC(C)C1(O)CN(C(=O)c2cc3ccc(F)cc3s2)C1. The Kier molecular flexibility index (Phi) is 3.06. The maximum Gasteiger partial charge on any atom is 0.264 e. The van der Waals surface area contributed by atoms with Gasteiger partial charge in [0.1, 0.15) is 11.4 Å². The van der Waals surface area contributed by atoms with Crippen LogP contribution in [0.25, 0.3) is 10.1 Å². The van der Waals surface area contributed by atoms with E-state index < -0.39 is 5.60 Å². The van der Waals surface area contributed by atoms with Crippen LogP contribution in [0, 0.1) is 11.7 Å². The van der Waals surface area contributed by atoms with Gasteiger partial charge in [0.2, 0.25) is 0 Å². The molecule has 3 nitrogen and oxygen atoms in total. The van der Waals surface area contributed by atoms with E-state index in [9.17, 15) is 14.3 Å². The Labute approximate surface area is 120 Å². The third-order valence-corrected chi connectivity index (χ3v) is 5.07. The minimum absolute atomic E-state index is 0.0862. The van der Waals surface area contributed by atoms with E-state index in [1.165, 1.54) is 23.5 Å². The normalized spacial score (nSPS) is 17.6. The molecule has 0 atom stereocenters. The Bertz CT molecular complexity index is 674. The first-order valence-corrected chi connectivity index (χ1v) is 7.41. The first kappa shape index (κ1) is 13.5. The molecule has 2 aromatic rings. The molecule has 1 fully saturated rings. The van der Waals surface area contributed by atoms with Gasteiger partial charge in [-0.3, -0.25) is 4.79 Å². The number of amides is 1. The van der Waals surface area contributed by atoms with Crippen molar-refractivity contribution >= 4 is 27.3 Å². The fraction of sp³-hybridized carbons (Fsp3) is 0.400. The molecule has 0 bridgehead atoms. The van der Waals surface area contributed by atoms with Crippen LogP contribution >= 0.6 is 11.3 Å². The summed E-state index contributed by atoms with van der Waals surface area (Å²) in [5.41, 5.74) is -0.765. The van der Waals surface area contributed by atoms with Gasteiger partial charge in [-0.1, -0.05) is 19.9 Å². The van der Waals surface area contributed by atoms with Gasteiger partial charge in [0, 0.05) is 4.70 Å². The van der Waals surface area contributed by atoms with E-state index in [4.69, 9.17) is 0 Å². The van der Waals surface area contributed by atoms with E-state index in [2.05, 4.69) is 0 Å². The van der Waals surface area contributed by atoms with E-state index in [0.29, 0.717) is 18.0 Å². The third kappa shape index (κ3) is 2.11. The van der Waals surface area contributed by atoms with Crippen LogP contribution in [-0.2, 0) is 0 Å². The van der Waals surface area contributed by atoms with Crippen LogP contribution in [-0.4, -0.2) is 34.6 Å². The van der Waals surface area contributed by atoms with E-state index in [1.54, 1.807) is 17.0 Å². The summed E-state index contributed by atoms with van der Waals surface area (Å²) in [5, 5.41) is 11.1. The molecule has 20 heavy (non-hydrogen) atoms. The lowest BCUT2D eigenvalue weighted by atomic mass is 9.83. The number of halogens is 1. The van der Waals surface area contributed by atoms with E-state index in [1.807, 2.05) is 13.8 Å². The number of carbonyl (C=O) groups is 1. The maximum atomic E-state index is 13.2. The zero-order valence-corrected chi connectivity index (χ0v) is 12.2. The minimum Gasteiger partial charge on any atom is -0.386 e. The largest absolute Gasteiger partial charge is 0.386 e. The van der Waals surface area contributed by atoms with Gasteiger partial charge < -0.3 is 10.0 Å². The molecule has 1 aliphatic heterocycles. The summed E-state index contributed by atoms with van der Waals surface area (Å²) in [6.07, 6.45) is 0. The van der Waals surface area contributed by atoms with Gasteiger partial charge in [-0.2, -0.15) is 0 Å². The summed E-state index contributed by atoms with van der Waals surface area (Å²) in [7, 11) is 0. The molecular formula is C15H16FNO2S. The Hall–Kier alpha value is -1.46. The number of hydrogen-bond acceptors (Lipinski definition) is 3. The monoisotopic (exact) mass is 293 g/mol. The number of rotatable bonds is 2. The molecule has 106 valence electrons. The molecule has 0 radical (unpaired) electrons. The van der Waals surface area contributed by atoms with E-state index in [0.717, 1.165) is 10.1 Å². The average Bonchev–Trinajstić information content (AvgIpc) is 2.76. The zero-order chi connectivity index (χ0) is 14.5. The maximum absolute atomic E-state index is 13.2. The second-order valence-corrected chi connectivity index (χ2v) is 6.80. The fourth-order valence-corrected chi connectivity index (χ4v) is 3.45. The topological polar surface area (TPSA) is 40.5 Å². The smallest absolute Gasteiger partial charge is 0.264 e. The highest BCUT2D eigenvalue weighted by Gasteiger charge is 2.46. The Morgan fingerprint density at radius 2 is 2.10 bits per heavy atom. The zero-order valence-electron chi connectivity index (χ0n) is 11.4. The number of β-amino-alcohol motifs (C(OH)–C–C–N with tert-alkyl or cyclic N) is 1. The van der Waals surface area contributed by atoms with Gasteiger partial charge in [0.25, 0.3) is 5.91 Å². The van der Waals surface area contributed by atoms with Crippen LogP contribution in [0.2, 0.25) is 0 Å². The Morgan fingerprint density at radius 3 is 2.75 bits per heavy atom. The molecule has 0 unspecified atom stereocenters. The number of benzene rings is 1. The van der Waals surface area contributed by atoms with Gasteiger partial charge in [-0.15, -0.1) is 11.3 Å². The van der Waals surface area contributed by atoms with E-state index in [-0.39, 0.29) is 17.6 Å². The van der Waals surface area contributed by atoms with Crippen LogP contribution in [0.4, 0.5) is 4.39 Å². The molecule has 0 aliphatic carbocycles. The number of hydrogen-bond donors (Lipinski definition) is 1. The fourth-order valence-electron chi connectivity index (χ4n) is 2.39. The molecule has 3 rings (SSSR count). The predicted octanol–water partition coefficient (Wildman–Crippen LogP) is 2.88. The molecule has 1 aliphatic rings. The van der Waals surface area contributed by atoms with Crippen LogP contribution < -0.4 is 0 Å². The Morgan fingerprint density at radius 1 is 1.40 bits per heavy atom.